The molecule has 0 aromatic heterocycles. The summed E-state index contributed by atoms with van der Waals surface area (Å²) >= 11 is 4.81. The Kier molecular flexibility index (Phi) is 5.86. The molecule has 1 aromatic rings. The molecule has 1 aromatic carbocycles. The van der Waals surface area contributed by atoms with Gasteiger partial charge < -0.3 is 10.5 Å². The van der Waals surface area contributed by atoms with Gasteiger partial charge in [0, 0.05) is 0 Å². The van der Waals surface area contributed by atoms with Gasteiger partial charge in [0.25, 0.3) is 5.17 Å². The van der Waals surface area contributed by atoms with Crippen molar-refractivity contribution in [2.45, 2.75) is 38.7 Å². The van der Waals surface area contributed by atoms with Gasteiger partial charge in [-0.3, -0.25) is 0 Å². The molecule has 0 saturated heterocycles. The summed E-state index contributed by atoms with van der Waals surface area (Å²) in [5.41, 5.74) is 6.59. The smallest absolute Gasteiger partial charge is 0.254 e. The average Bonchev–Trinajstić information content (AvgIpc) is 2.29. The summed E-state index contributed by atoms with van der Waals surface area (Å²) in [7, 11) is 0. The molecule has 0 aliphatic heterocycles. The fourth-order valence-corrected chi connectivity index (χ4v) is 1.80. The lowest BCUT2D eigenvalue weighted by molar-refractivity contribution is 0.180. The Hall–Kier alpha value is -1.09. The van der Waals surface area contributed by atoms with Crippen molar-refractivity contribution in [2.75, 3.05) is 0 Å². The Bertz CT molecular complexity index is 313. The highest BCUT2D eigenvalue weighted by Crippen LogP contribution is 2.23. The number of ether oxygens (including phenoxy) is 1. The summed E-state index contributed by atoms with van der Waals surface area (Å²) in [5, 5.41) is 0.130. The van der Waals surface area contributed by atoms with Gasteiger partial charge in [0.2, 0.25) is 0 Å². The second-order valence-electron chi connectivity index (χ2n) is 3.83. The zero-order valence-corrected chi connectivity index (χ0v) is 10.5. The third-order valence-electron chi connectivity index (χ3n) is 2.50. The van der Waals surface area contributed by atoms with E-state index in [1.54, 1.807) is 0 Å². The first kappa shape index (κ1) is 13.0. The topological polar surface area (TPSA) is 35.2 Å². The van der Waals surface area contributed by atoms with Crippen LogP contribution in [0.3, 0.4) is 0 Å². The van der Waals surface area contributed by atoms with Crippen LogP contribution >= 0.6 is 12.2 Å². The van der Waals surface area contributed by atoms with Gasteiger partial charge in [-0.25, -0.2) is 0 Å². The zero-order chi connectivity index (χ0) is 11.8. The molecule has 2 N–H and O–H groups in total. The van der Waals surface area contributed by atoms with Crippen LogP contribution in [0.15, 0.2) is 30.3 Å². The van der Waals surface area contributed by atoms with Crippen LogP contribution < -0.4 is 5.73 Å². The molecule has 0 amide bonds. The van der Waals surface area contributed by atoms with Gasteiger partial charge in [0.1, 0.15) is 6.10 Å². The van der Waals surface area contributed by atoms with E-state index in [2.05, 4.69) is 19.1 Å². The number of rotatable bonds is 6. The summed E-state index contributed by atoms with van der Waals surface area (Å²) in [6.45, 7) is 2.19. The van der Waals surface area contributed by atoms with Crippen LogP contribution in [0.5, 0.6) is 0 Å². The van der Waals surface area contributed by atoms with Gasteiger partial charge in [-0.05, 0) is 30.6 Å². The molecule has 88 valence electrons. The summed E-state index contributed by atoms with van der Waals surface area (Å²) in [6, 6.07) is 10.1. The van der Waals surface area contributed by atoms with Crippen LogP contribution in [0.25, 0.3) is 0 Å². The molecule has 0 bridgehead atoms. The standard InChI is InChI=1S/C13H19NOS/c1-2-3-5-10-12(15-13(14)16)11-8-6-4-7-9-11/h4,6-9,12H,2-3,5,10H2,1H3,(H2,14,16). The quantitative estimate of drug-likeness (QED) is 0.607. The molecule has 16 heavy (non-hydrogen) atoms. The van der Waals surface area contributed by atoms with Crippen LogP contribution in [0.4, 0.5) is 0 Å². The Labute approximate surface area is 103 Å². The molecule has 1 atom stereocenters. The van der Waals surface area contributed by atoms with Crippen molar-refractivity contribution in [3.05, 3.63) is 35.9 Å². The highest BCUT2D eigenvalue weighted by Gasteiger charge is 2.12. The number of thiocarbonyl (C=S) groups is 1. The van der Waals surface area contributed by atoms with Crippen molar-refractivity contribution >= 4 is 17.4 Å². The highest BCUT2D eigenvalue weighted by atomic mass is 32.1. The fraction of sp³-hybridized carbons (Fsp3) is 0.462. The Morgan fingerprint density at radius 2 is 2.00 bits per heavy atom. The summed E-state index contributed by atoms with van der Waals surface area (Å²) in [5.74, 6) is 0. The third-order valence-corrected chi connectivity index (χ3v) is 2.60. The van der Waals surface area contributed by atoms with Gasteiger partial charge in [0.15, 0.2) is 0 Å². The summed E-state index contributed by atoms with van der Waals surface area (Å²) < 4.78 is 5.49. The van der Waals surface area contributed by atoms with E-state index < -0.39 is 0 Å². The van der Waals surface area contributed by atoms with Crippen molar-refractivity contribution in [3.63, 3.8) is 0 Å². The van der Waals surface area contributed by atoms with E-state index in [4.69, 9.17) is 22.7 Å². The van der Waals surface area contributed by atoms with E-state index in [9.17, 15) is 0 Å². The number of benzene rings is 1. The third kappa shape index (κ3) is 4.62. The van der Waals surface area contributed by atoms with Gasteiger partial charge in [0.05, 0.1) is 0 Å². The maximum Gasteiger partial charge on any atom is 0.254 e. The van der Waals surface area contributed by atoms with E-state index in [0.717, 1.165) is 18.4 Å². The monoisotopic (exact) mass is 237 g/mol. The van der Waals surface area contributed by atoms with Gasteiger partial charge in [-0.1, -0.05) is 50.1 Å². The zero-order valence-electron chi connectivity index (χ0n) is 9.69. The molecule has 0 saturated carbocycles. The number of unbranched alkanes of at least 4 members (excludes halogenated alkanes) is 2. The van der Waals surface area contributed by atoms with Gasteiger partial charge in [-0.15, -0.1) is 0 Å². The van der Waals surface area contributed by atoms with E-state index >= 15 is 0 Å². The molecular weight excluding hydrogens is 218 g/mol. The normalized spacial score (nSPS) is 12.1. The van der Waals surface area contributed by atoms with Crippen molar-refractivity contribution in [1.82, 2.24) is 0 Å². The first-order valence-corrected chi connectivity index (χ1v) is 6.16. The maximum absolute atomic E-state index is 5.49. The second kappa shape index (κ2) is 7.23. The molecule has 0 aliphatic rings. The average molecular weight is 237 g/mol. The molecular formula is C13H19NOS. The SMILES string of the molecule is CCCCCC(OC(N)=S)c1ccccc1. The minimum Gasteiger partial charge on any atom is -0.463 e. The van der Waals surface area contributed by atoms with Crippen LogP contribution in [-0.2, 0) is 4.74 Å². The largest absolute Gasteiger partial charge is 0.463 e. The Morgan fingerprint density at radius 1 is 1.31 bits per heavy atom. The molecule has 0 fully saturated rings. The van der Waals surface area contributed by atoms with Crippen molar-refractivity contribution < 1.29 is 4.74 Å². The first-order chi connectivity index (χ1) is 7.74. The van der Waals surface area contributed by atoms with E-state index in [1.807, 2.05) is 18.2 Å². The molecule has 0 heterocycles. The molecule has 0 spiro atoms. The highest BCUT2D eigenvalue weighted by molar-refractivity contribution is 7.80. The van der Waals surface area contributed by atoms with Crippen molar-refractivity contribution in [1.29, 1.82) is 0 Å². The predicted octanol–water partition coefficient (Wildman–Crippen LogP) is 3.57. The van der Waals surface area contributed by atoms with E-state index in [-0.39, 0.29) is 11.3 Å². The predicted molar refractivity (Wildman–Crippen MR) is 71.2 cm³/mol. The lowest BCUT2D eigenvalue weighted by Crippen LogP contribution is -2.17. The maximum atomic E-state index is 5.49. The van der Waals surface area contributed by atoms with Crippen LogP contribution in [0, 0.1) is 0 Å². The fourth-order valence-electron chi connectivity index (χ4n) is 1.68. The number of hydrogen-bond acceptors (Lipinski definition) is 2. The van der Waals surface area contributed by atoms with Crippen LogP contribution in [0.2, 0.25) is 0 Å². The lowest BCUT2D eigenvalue weighted by atomic mass is 10.0. The molecule has 2 nitrogen and oxygen atoms in total. The van der Waals surface area contributed by atoms with Crippen molar-refractivity contribution in [2.24, 2.45) is 5.73 Å². The summed E-state index contributed by atoms with van der Waals surface area (Å²) in [4.78, 5) is 0. The minimum atomic E-state index is 0.00486. The molecule has 1 rings (SSSR count). The van der Waals surface area contributed by atoms with Crippen molar-refractivity contribution in [3.8, 4) is 0 Å². The first-order valence-electron chi connectivity index (χ1n) is 5.75. The second-order valence-corrected chi connectivity index (χ2v) is 4.23. The molecule has 3 heteroatoms. The van der Waals surface area contributed by atoms with E-state index in [0.29, 0.717) is 0 Å². The van der Waals surface area contributed by atoms with E-state index in [1.165, 1.54) is 12.8 Å². The Balaban J connectivity index is 2.60. The molecule has 0 radical (unpaired) electrons. The number of nitrogens with two attached hydrogens (primary N) is 1. The lowest BCUT2D eigenvalue weighted by Gasteiger charge is -2.18. The molecule has 1 unspecified atom stereocenters. The number of hydrogen-bond donors (Lipinski definition) is 1. The van der Waals surface area contributed by atoms with Crippen LogP contribution in [0.1, 0.15) is 44.3 Å². The van der Waals surface area contributed by atoms with Gasteiger partial charge >= 0.3 is 0 Å². The van der Waals surface area contributed by atoms with Crippen LogP contribution in [-0.4, -0.2) is 5.17 Å². The summed E-state index contributed by atoms with van der Waals surface area (Å²) in [6.07, 6.45) is 4.53. The van der Waals surface area contributed by atoms with Gasteiger partial charge in [-0.2, -0.15) is 0 Å². The molecule has 0 aliphatic carbocycles. The minimum absolute atomic E-state index is 0.00486. The Morgan fingerprint density at radius 3 is 2.56 bits per heavy atom.